The fourth-order valence-corrected chi connectivity index (χ4v) is 0.729. The Bertz CT molecular complexity index is 128. The zero-order valence-electron chi connectivity index (χ0n) is 6.08. The van der Waals surface area contributed by atoms with Crippen LogP contribution in [0.15, 0.2) is 0 Å². The SMILES string of the molecule is C[C@H](O)[C@H](O)[C@@H](O)[C@@H](O)C=S. The van der Waals surface area contributed by atoms with Gasteiger partial charge in [0.25, 0.3) is 0 Å². The Morgan fingerprint density at radius 1 is 1.09 bits per heavy atom. The van der Waals surface area contributed by atoms with E-state index < -0.39 is 24.4 Å². The standard InChI is InChI=1S/C6H12O4S/c1-3(7)5(9)6(10)4(8)2-11/h2-10H,1H3/t3-,4-,5-,6-/m0/s1. The molecule has 0 heterocycles. The van der Waals surface area contributed by atoms with E-state index in [1.807, 2.05) is 0 Å². The molecule has 0 saturated carbocycles. The Hall–Kier alpha value is -0.0700. The highest BCUT2D eigenvalue weighted by Gasteiger charge is 2.26. The molecular weight excluding hydrogens is 168 g/mol. The molecule has 0 saturated heterocycles. The second-order valence-corrected chi connectivity index (χ2v) is 2.62. The van der Waals surface area contributed by atoms with Gasteiger partial charge in [0, 0.05) is 5.37 Å². The fraction of sp³-hybridized carbons (Fsp3) is 0.833. The molecule has 4 N–H and O–H groups in total. The van der Waals surface area contributed by atoms with Crippen molar-refractivity contribution in [3.8, 4) is 0 Å². The number of aliphatic hydroxyl groups excluding tert-OH is 4. The molecule has 0 aliphatic carbocycles. The molecule has 0 aromatic carbocycles. The van der Waals surface area contributed by atoms with Crippen molar-refractivity contribution in [3.05, 3.63) is 0 Å². The van der Waals surface area contributed by atoms with E-state index in [0.717, 1.165) is 5.37 Å². The number of hydrogen-bond acceptors (Lipinski definition) is 5. The van der Waals surface area contributed by atoms with Crippen LogP contribution >= 0.6 is 12.2 Å². The largest absolute Gasteiger partial charge is 0.391 e. The third-order valence-corrected chi connectivity index (χ3v) is 1.61. The van der Waals surface area contributed by atoms with Gasteiger partial charge in [0.2, 0.25) is 0 Å². The number of aliphatic hydroxyl groups is 4. The Labute approximate surface area is 70.1 Å². The summed E-state index contributed by atoms with van der Waals surface area (Å²) >= 11 is 4.33. The highest BCUT2D eigenvalue weighted by molar-refractivity contribution is 7.79. The van der Waals surface area contributed by atoms with E-state index in [9.17, 15) is 0 Å². The topological polar surface area (TPSA) is 80.9 Å². The van der Waals surface area contributed by atoms with Crippen molar-refractivity contribution in [2.75, 3.05) is 0 Å². The summed E-state index contributed by atoms with van der Waals surface area (Å²) in [7, 11) is 0. The van der Waals surface area contributed by atoms with Crippen LogP contribution in [-0.2, 0) is 0 Å². The molecule has 0 aliphatic heterocycles. The van der Waals surface area contributed by atoms with Crippen molar-refractivity contribution in [1.82, 2.24) is 0 Å². The van der Waals surface area contributed by atoms with E-state index >= 15 is 0 Å². The molecule has 0 bridgehead atoms. The lowest BCUT2D eigenvalue weighted by atomic mass is 10.1. The van der Waals surface area contributed by atoms with Crippen LogP contribution in [-0.4, -0.2) is 50.2 Å². The predicted molar refractivity (Wildman–Crippen MR) is 43.4 cm³/mol. The molecule has 4 nitrogen and oxygen atoms in total. The second-order valence-electron chi connectivity index (χ2n) is 2.35. The van der Waals surface area contributed by atoms with E-state index in [4.69, 9.17) is 20.4 Å². The lowest BCUT2D eigenvalue weighted by Gasteiger charge is -2.21. The summed E-state index contributed by atoms with van der Waals surface area (Å²) in [6.07, 6.45) is -5.17. The quantitative estimate of drug-likeness (QED) is 0.394. The van der Waals surface area contributed by atoms with Crippen molar-refractivity contribution >= 4 is 17.6 Å². The lowest BCUT2D eigenvalue weighted by molar-refractivity contribution is -0.0816. The van der Waals surface area contributed by atoms with Gasteiger partial charge in [0.15, 0.2) is 0 Å². The van der Waals surface area contributed by atoms with E-state index in [1.165, 1.54) is 6.92 Å². The van der Waals surface area contributed by atoms with Crippen molar-refractivity contribution in [2.24, 2.45) is 0 Å². The molecule has 5 heteroatoms. The summed E-state index contributed by atoms with van der Waals surface area (Å²) in [5.74, 6) is 0. The van der Waals surface area contributed by atoms with E-state index in [2.05, 4.69) is 12.2 Å². The monoisotopic (exact) mass is 180 g/mol. The van der Waals surface area contributed by atoms with E-state index in [1.54, 1.807) is 0 Å². The smallest absolute Gasteiger partial charge is 0.113 e. The van der Waals surface area contributed by atoms with Gasteiger partial charge < -0.3 is 20.4 Å². The maximum Gasteiger partial charge on any atom is 0.113 e. The Morgan fingerprint density at radius 3 is 1.82 bits per heavy atom. The zero-order valence-corrected chi connectivity index (χ0v) is 6.90. The summed E-state index contributed by atoms with van der Waals surface area (Å²) in [6, 6.07) is 0. The van der Waals surface area contributed by atoms with Gasteiger partial charge in [-0.05, 0) is 6.92 Å². The van der Waals surface area contributed by atoms with Gasteiger partial charge in [-0.1, -0.05) is 12.2 Å². The Morgan fingerprint density at radius 2 is 1.55 bits per heavy atom. The molecule has 0 aliphatic rings. The molecule has 0 spiro atoms. The normalized spacial score (nSPS) is 21.9. The van der Waals surface area contributed by atoms with Gasteiger partial charge in [-0.3, -0.25) is 0 Å². The minimum absolute atomic E-state index is 0.927. The van der Waals surface area contributed by atoms with Crippen molar-refractivity contribution in [2.45, 2.75) is 31.3 Å². The Kier molecular flexibility index (Phi) is 4.71. The van der Waals surface area contributed by atoms with Crippen molar-refractivity contribution < 1.29 is 20.4 Å². The van der Waals surface area contributed by atoms with Crippen molar-refractivity contribution in [1.29, 1.82) is 0 Å². The maximum absolute atomic E-state index is 9.00. The third-order valence-electron chi connectivity index (χ3n) is 1.33. The molecule has 0 fully saturated rings. The summed E-state index contributed by atoms with van der Waals surface area (Å²) in [4.78, 5) is 0. The summed E-state index contributed by atoms with van der Waals surface area (Å²) in [5.41, 5.74) is 0. The third kappa shape index (κ3) is 3.22. The molecule has 11 heavy (non-hydrogen) atoms. The molecule has 0 aromatic rings. The van der Waals surface area contributed by atoms with E-state index in [-0.39, 0.29) is 0 Å². The van der Waals surface area contributed by atoms with Gasteiger partial charge in [-0.15, -0.1) is 0 Å². The van der Waals surface area contributed by atoms with Crippen molar-refractivity contribution in [3.63, 3.8) is 0 Å². The minimum atomic E-state index is -1.42. The number of thiocarbonyl (C=S) groups is 1. The molecule has 4 atom stereocenters. The fourth-order valence-electron chi connectivity index (χ4n) is 0.568. The minimum Gasteiger partial charge on any atom is -0.391 e. The average molecular weight is 180 g/mol. The molecule has 0 aromatic heterocycles. The molecule has 0 rings (SSSR count). The van der Waals surface area contributed by atoms with Gasteiger partial charge in [0.1, 0.15) is 18.3 Å². The van der Waals surface area contributed by atoms with Gasteiger partial charge in [0.05, 0.1) is 6.10 Å². The first-order valence-corrected chi connectivity index (χ1v) is 3.65. The van der Waals surface area contributed by atoms with Crippen LogP contribution in [0.1, 0.15) is 6.92 Å². The van der Waals surface area contributed by atoms with Gasteiger partial charge >= 0.3 is 0 Å². The van der Waals surface area contributed by atoms with Crippen LogP contribution < -0.4 is 0 Å². The van der Waals surface area contributed by atoms with Crippen LogP contribution in [0.4, 0.5) is 0 Å². The average Bonchev–Trinajstić information content (AvgIpc) is 2.00. The Balaban J connectivity index is 4.00. The van der Waals surface area contributed by atoms with E-state index in [0.29, 0.717) is 0 Å². The molecule has 0 amide bonds. The summed E-state index contributed by atoms with van der Waals surface area (Å²) in [6.45, 7) is 1.31. The van der Waals surface area contributed by atoms with Gasteiger partial charge in [-0.25, -0.2) is 0 Å². The zero-order chi connectivity index (χ0) is 9.02. The maximum atomic E-state index is 9.00. The first-order valence-electron chi connectivity index (χ1n) is 3.18. The molecule has 66 valence electrons. The molecular formula is C6H12O4S. The van der Waals surface area contributed by atoms with Crippen LogP contribution in [0, 0.1) is 0 Å². The van der Waals surface area contributed by atoms with Crippen LogP contribution in [0.3, 0.4) is 0 Å². The van der Waals surface area contributed by atoms with Crippen LogP contribution in [0.2, 0.25) is 0 Å². The molecule has 0 radical (unpaired) electrons. The molecule has 0 unspecified atom stereocenters. The summed E-state index contributed by atoms with van der Waals surface area (Å²) < 4.78 is 0. The van der Waals surface area contributed by atoms with Crippen LogP contribution in [0.5, 0.6) is 0 Å². The first kappa shape index (κ1) is 10.9. The number of hydrogen-bond donors (Lipinski definition) is 4. The summed E-state index contributed by atoms with van der Waals surface area (Å²) in [5, 5.41) is 36.5. The predicted octanol–water partition coefficient (Wildman–Crippen LogP) is -1.55. The van der Waals surface area contributed by atoms with Crippen LogP contribution in [0.25, 0.3) is 0 Å². The highest BCUT2D eigenvalue weighted by atomic mass is 32.1. The second kappa shape index (κ2) is 4.74. The lowest BCUT2D eigenvalue weighted by Crippen LogP contribution is -2.43. The number of rotatable bonds is 4. The highest BCUT2D eigenvalue weighted by Crippen LogP contribution is 2.02. The first-order chi connectivity index (χ1) is 5.00. The van der Waals surface area contributed by atoms with Gasteiger partial charge in [-0.2, -0.15) is 0 Å².